The van der Waals surface area contributed by atoms with Crippen LogP contribution in [0.2, 0.25) is 0 Å². The van der Waals surface area contributed by atoms with Gasteiger partial charge in [0.1, 0.15) is 41.2 Å². The van der Waals surface area contributed by atoms with E-state index < -0.39 is 28.9 Å². The number of alkyl halides is 3. The van der Waals surface area contributed by atoms with Gasteiger partial charge in [0, 0.05) is 30.1 Å². The van der Waals surface area contributed by atoms with Crippen LogP contribution in [-0.2, 0) is 6.18 Å². The molecule has 12 heteroatoms. The monoisotopic (exact) mass is 574 g/mol. The Morgan fingerprint density at radius 1 is 0.902 bits per heavy atom. The maximum Gasteiger partial charge on any atom is 0.422 e. The van der Waals surface area contributed by atoms with Gasteiger partial charge in [0.15, 0.2) is 11.5 Å². The molecule has 2 heterocycles. The number of anilines is 2. The van der Waals surface area contributed by atoms with Crippen LogP contribution in [0.15, 0.2) is 48.8 Å². The van der Waals surface area contributed by atoms with Gasteiger partial charge in [-0.1, -0.05) is 6.07 Å². The summed E-state index contributed by atoms with van der Waals surface area (Å²) in [6, 6.07) is 9.31. The third-order valence-electron chi connectivity index (χ3n) is 7.02. The van der Waals surface area contributed by atoms with Gasteiger partial charge in [-0.2, -0.15) is 13.2 Å². The molecule has 1 N–H and O–H groups in total. The summed E-state index contributed by atoms with van der Waals surface area (Å²) in [6.07, 6.45) is -2.15. The number of nitrogens with one attached hydrogen (secondary N) is 1. The average Bonchev–Trinajstić information content (AvgIpc) is 2.93. The first-order valence-corrected chi connectivity index (χ1v) is 12.8. The Balaban J connectivity index is 1.54. The first-order chi connectivity index (χ1) is 19.6. The van der Waals surface area contributed by atoms with Gasteiger partial charge >= 0.3 is 6.18 Å². The van der Waals surface area contributed by atoms with Crippen LogP contribution in [0.25, 0.3) is 22.0 Å². The van der Waals surface area contributed by atoms with Gasteiger partial charge in [0.25, 0.3) is 0 Å². The highest BCUT2D eigenvalue weighted by atomic mass is 19.4. The van der Waals surface area contributed by atoms with Crippen molar-refractivity contribution in [3.8, 4) is 28.4 Å². The Kier molecular flexibility index (Phi) is 7.85. The summed E-state index contributed by atoms with van der Waals surface area (Å²) in [5.74, 6) is -1.71. The van der Waals surface area contributed by atoms with Gasteiger partial charge in [-0.05, 0) is 55.8 Å². The second kappa shape index (κ2) is 11.4. The van der Waals surface area contributed by atoms with Gasteiger partial charge in [-0.15, -0.1) is 0 Å². The number of rotatable bonds is 7. The zero-order valence-electron chi connectivity index (χ0n) is 22.5. The maximum absolute atomic E-state index is 14.9. The number of likely N-dealkylation sites (tertiary alicyclic amines) is 1. The smallest absolute Gasteiger partial charge is 0.422 e. The summed E-state index contributed by atoms with van der Waals surface area (Å²) in [4.78, 5) is 10.9. The van der Waals surface area contributed by atoms with E-state index in [1.54, 1.807) is 12.1 Å². The number of aromatic nitrogens is 2. The first kappa shape index (κ1) is 28.3. The molecule has 0 amide bonds. The number of hydrogen-bond acceptors (Lipinski definition) is 7. The van der Waals surface area contributed by atoms with Crippen LogP contribution in [-0.4, -0.2) is 55.3 Å². The van der Waals surface area contributed by atoms with Crippen LogP contribution in [0, 0.1) is 11.6 Å². The number of benzene rings is 3. The lowest BCUT2D eigenvalue weighted by Gasteiger charge is -2.29. The van der Waals surface area contributed by atoms with Crippen LogP contribution in [0.5, 0.6) is 17.2 Å². The van der Waals surface area contributed by atoms with Gasteiger partial charge in [0.2, 0.25) is 0 Å². The van der Waals surface area contributed by atoms with Crippen LogP contribution in [0.1, 0.15) is 18.4 Å². The van der Waals surface area contributed by atoms with Crippen molar-refractivity contribution in [1.82, 2.24) is 14.9 Å². The molecule has 0 spiro atoms. The third kappa shape index (κ3) is 5.83. The minimum absolute atomic E-state index is 0.00237. The molecule has 1 fully saturated rings. The molecule has 4 aromatic rings. The van der Waals surface area contributed by atoms with Crippen molar-refractivity contribution < 1.29 is 36.2 Å². The lowest BCUT2D eigenvalue weighted by atomic mass is 10.0. The van der Waals surface area contributed by atoms with E-state index in [4.69, 9.17) is 14.2 Å². The topological polar surface area (TPSA) is 68.7 Å². The van der Waals surface area contributed by atoms with E-state index in [0.717, 1.165) is 32.0 Å². The van der Waals surface area contributed by atoms with E-state index in [1.807, 2.05) is 0 Å². The van der Waals surface area contributed by atoms with Crippen LogP contribution in [0.4, 0.5) is 33.5 Å². The number of piperidine rings is 1. The molecule has 1 saturated heterocycles. The Hall–Kier alpha value is -4.19. The number of methoxy groups -OCH3 is 2. The van der Waals surface area contributed by atoms with Crippen LogP contribution >= 0.6 is 0 Å². The van der Waals surface area contributed by atoms with Crippen molar-refractivity contribution in [2.45, 2.75) is 25.1 Å². The van der Waals surface area contributed by atoms with Crippen molar-refractivity contribution in [1.29, 1.82) is 0 Å². The fourth-order valence-corrected chi connectivity index (χ4v) is 4.83. The quantitative estimate of drug-likeness (QED) is 0.243. The van der Waals surface area contributed by atoms with E-state index in [-0.39, 0.29) is 17.4 Å². The predicted molar refractivity (Wildman–Crippen MR) is 144 cm³/mol. The predicted octanol–water partition coefficient (Wildman–Crippen LogP) is 6.83. The van der Waals surface area contributed by atoms with Crippen LogP contribution in [0.3, 0.4) is 0 Å². The molecule has 0 unspecified atom stereocenters. The molecular weight excluding hydrogens is 547 g/mol. The second-order valence-corrected chi connectivity index (χ2v) is 9.68. The van der Waals surface area contributed by atoms with Gasteiger partial charge in [0.05, 0.1) is 25.4 Å². The number of nitrogens with zero attached hydrogens (tertiary/aromatic N) is 3. The van der Waals surface area contributed by atoms with E-state index in [0.29, 0.717) is 40.0 Å². The number of fused-ring (bicyclic) bond motifs is 1. The molecule has 0 radical (unpaired) electrons. The zero-order chi connectivity index (χ0) is 29.3. The van der Waals surface area contributed by atoms with Crippen molar-refractivity contribution in [2.24, 2.45) is 0 Å². The molecule has 7 nitrogen and oxygen atoms in total. The van der Waals surface area contributed by atoms with Gasteiger partial charge < -0.3 is 24.4 Å². The molecular formula is C29H27F5N4O3. The first-order valence-electron chi connectivity index (χ1n) is 12.8. The van der Waals surface area contributed by atoms with E-state index in [9.17, 15) is 22.0 Å². The Bertz CT molecular complexity index is 1570. The molecule has 0 atom stereocenters. The Labute approximate surface area is 232 Å². The van der Waals surface area contributed by atoms with Crippen molar-refractivity contribution in [2.75, 3.05) is 39.7 Å². The normalized spacial score (nSPS) is 14.7. The van der Waals surface area contributed by atoms with E-state index >= 15 is 0 Å². The lowest BCUT2D eigenvalue weighted by molar-refractivity contribution is -0.142. The molecule has 0 aliphatic carbocycles. The molecule has 0 bridgehead atoms. The minimum Gasteiger partial charge on any atom is -0.495 e. The fraction of sp³-hybridized carbons (Fsp3) is 0.310. The molecule has 3 aromatic carbocycles. The number of hydrogen-bond donors (Lipinski definition) is 1. The number of halogens is 5. The second-order valence-electron chi connectivity index (χ2n) is 9.68. The largest absolute Gasteiger partial charge is 0.495 e. The summed E-state index contributed by atoms with van der Waals surface area (Å²) in [7, 11) is 5.01. The standard InChI is InChI=1S/C29H27F5N4O3/c1-38-10-8-17(9-11-38)41-25-13-19-21(14-24(25)40-3)35-15-36-28(19)37-22-12-16(4-7-23(22)39-2)18-5-6-20(30)26(27(18)31)29(32,33)34/h4-7,12-15,17H,8-11H2,1-3H3,(H,35,36,37). The summed E-state index contributed by atoms with van der Waals surface area (Å²) < 4.78 is 86.1. The number of ether oxygens (including phenoxy) is 3. The highest BCUT2D eigenvalue weighted by Gasteiger charge is 2.38. The van der Waals surface area contributed by atoms with Crippen molar-refractivity contribution in [3.63, 3.8) is 0 Å². The molecule has 41 heavy (non-hydrogen) atoms. The molecule has 1 aliphatic heterocycles. The van der Waals surface area contributed by atoms with E-state index in [1.165, 1.54) is 38.7 Å². The highest BCUT2D eigenvalue weighted by molar-refractivity contribution is 5.93. The maximum atomic E-state index is 14.9. The summed E-state index contributed by atoms with van der Waals surface area (Å²) in [5, 5.41) is 3.71. The third-order valence-corrected chi connectivity index (χ3v) is 7.02. The van der Waals surface area contributed by atoms with Crippen molar-refractivity contribution in [3.05, 3.63) is 66.0 Å². The van der Waals surface area contributed by atoms with E-state index in [2.05, 4.69) is 27.2 Å². The fourth-order valence-electron chi connectivity index (χ4n) is 4.83. The van der Waals surface area contributed by atoms with Crippen LogP contribution < -0.4 is 19.5 Å². The summed E-state index contributed by atoms with van der Waals surface area (Å²) in [5.41, 5.74) is -1.47. The molecule has 216 valence electrons. The molecule has 1 aromatic heterocycles. The zero-order valence-corrected chi connectivity index (χ0v) is 22.5. The SMILES string of the molecule is COc1ccc(-c2ccc(F)c(C(F)(F)F)c2F)cc1Nc1ncnc2cc(OC)c(OC3CCN(C)CC3)cc12. The summed E-state index contributed by atoms with van der Waals surface area (Å²) in [6.45, 7) is 1.82. The van der Waals surface area contributed by atoms with Gasteiger partial charge in [-0.3, -0.25) is 0 Å². The lowest BCUT2D eigenvalue weighted by Crippen LogP contribution is -2.35. The van der Waals surface area contributed by atoms with Crippen molar-refractivity contribution >= 4 is 22.4 Å². The molecule has 5 rings (SSSR count). The summed E-state index contributed by atoms with van der Waals surface area (Å²) >= 11 is 0. The highest BCUT2D eigenvalue weighted by Crippen LogP contribution is 2.41. The average molecular weight is 575 g/mol. The Morgan fingerprint density at radius 2 is 1.63 bits per heavy atom. The van der Waals surface area contributed by atoms with Gasteiger partial charge in [-0.25, -0.2) is 18.7 Å². The minimum atomic E-state index is -5.20. The Morgan fingerprint density at radius 3 is 2.32 bits per heavy atom. The molecule has 0 saturated carbocycles. The molecule has 1 aliphatic rings.